The minimum absolute atomic E-state index is 0.0376. The van der Waals surface area contributed by atoms with Crippen molar-refractivity contribution in [2.75, 3.05) is 26.7 Å². The Balaban J connectivity index is 2.24. The highest BCUT2D eigenvalue weighted by Gasteiger charge is 2.25. The van der Waals surface area contributed by atoms with Crippen LogP contribution < -0.4 is 5.32 Å². The number of piperidine rings is 1. The Kier molecular flexibility index (Phi) is 6.07. The minimum atomic E-state index is -0.842. The van der Waals surface area contributed by atoms with Crippen LogP contribution >= 0.6 is 0 Å². The molecule has 0 saturated carbocycles. The van der Waals surface area contributed by atoms with Crippen molar-refractivity contribution >= 4 is 11.9 Å². The van der Waals surface area contributed by atoms with Gasteiger partial charge in [-0.05, 0) is 26.8 Å². The number of carbonyl (C=O) groups is 2. The second kappa shape index (κ2) is 7.33. The summed E-state index contributed by atoms with van der Waals surface area (Å²) in [5.74, 6) is -0.730. The summed E-state index contributed by atoms with van der Waals surface area (Å²) in [7, 11) is 1.77. The molecule has 1 heterocycles. The molecule has 1 fully saturated rings. The fourth-order valence-corrected chi connectivity index (χ4v) is 1.95. The number of hydrogen-bond acceptors (Lipinski definition) is 4. The van der Waals surface area contributed by atoms with E-state index in [1.165, 1.54) is 0 Å². The van der Waals surface area contributed by atoms with Crippen LogP contribution in [-0.2, 0) is 14.3 Å². The summed E-state index contributed by atoms with van der Waals surface area (Å²) >= 11 is 0. The first-order valence-corrected chi connectivity index (χ1v) is 6.34. The summed E-state index contributed by atoms with van der Waals surface area (Å²) in [6.45, 7) is 3.46. The van der Waals surface area contributed by atoms with Gasteiger partial charge in [0.05, 0.1) is 25.2 Å². The van der Waals surface area contributed by atoms with Crippen molar-refractivity contribution in [1.82, 2.24) is 10.2 Å². The Morgan fingerprint density at radius 3 is 2.56 bits per heavy atom. The molecule has 104 valence electrons. The van der Waals surface area contributed by atoms with E-state index in [0.717, 1.165) is 12.8 Å². The zero-order chi connectivity index (χ0) is 13.5. The van der Waals surface area contributed by atoms with Gasteiger partial charge >= 0.3 is 5.97 Å². The molecule has 6 heteroatoms. The molecule has 0 radical (unpaired) electrons. The van der Waals surface area contributed by atoms with Gasteiger partial charge in [-0.15, -0.1) is 0 Å². The molecular weight excluding hydrogens is 236 g/mol. The highest BCUT2D eigenvalue weighted by Crippen LogP contribution is 2.14. The second-order valence-corrected chi connectivity index (χ2v) is 4.55. The number of aliphatic carboxylic acids is 1. The van der Waals surface area contributed by atoms with Crippen LogP contribution in [0.25, 0.3) is 0 Å². The van der Waals surface area contributed by atoms with E-state index in [-0.39, 0.29) is 31.1 Å². The Morgan fingerprint density at radius 2 is 2.06 bits per heavy atom. The third-order valence-corrected chi connectivity index (χ3v) is 3.23. The van der Waals surface area contributed by atoms with Crippen molar-refractivity contribution in [3.05, 3.63) is 0 Å². The molecule has 1 saturated heterocycles. The third kappa shape index (κ3) is 4.62. The first kappa shape index (κ1) is 14.9. The maximum Gasteiger partial charge on any atom is 0.305 e. The lowest BCUT2D eigenvalue weighted by molar-refractivity contribution is -0.139. The van der Waals surface area contributed by atoms with Crippen LogP contribution in [-0.4, -0.2) is 60.8 Å². The van der Waals surface area contributed by atoms with E-state index < -0.39 is 5.97 Å². The molecule has 0 aromatic carbocycles. The highest BCUT2D eigenvalue weighted by atomic mass is 16.5. The van der Waals surface area contributed by atoms with Crippen molar-refractivity contribution in [1.29, 1.82) is 0 Å². The maximum atomic E-state index is 11.9. The van der Waals surface area contributed by atoms with Crippen molar-refractivity contribution in [2.45, 2.75) is 38.3 Å². The van der Waals surface area contributed by atoms with Crippen LogP contribution in [0.15, 0.2) is 0 Å². The van der Waals surface area contributed by atoms with E-state index >= 15 is 0 Å². The zero-order valence-corrected chi connectivity index (χ0v) is 11.0. The van der Waals surface area contributed by atoms with Gasteiger partial charge in [-0.25, -0.2) is 0 Å². The van der Waals surface area contributed by atoms with Gasteiger partial charge in [0.25, 0.3) is 0 Å². The molecule has 0 aromatic rings. The lowest BCUT2D eigenvalue weighted by Gasteiger charge is -2.33. The van der Waals surface area contributed by atoms with Crippen molar-refractivity contribution in [3.8, 4) is 0 Å². The molecular formula is C12H22N2O4. The molecule has 1 unspecified atom stereocenters. The third-order valence-electron chi connectivity index (χ3n) is 3.23. The number of hydrogen-bond donors (Lipinski definition) is 2. The van der Waals surface area contributed by atoms with Crippen molar-refractivity contribution in [2.24, 2.45) is 0 Å². The number of amides is 1. The summed E-state index contributed by atoms with van der Waals surface area (Å²) < 4.78 is 5.47. The standard InChI is InChI=1S/C12H22N2O4/c1-9(13-2)12(17)14-6-3-10(4-7-14)18-8-5-11(15)16/h9-10,13H,3-8H2,1-2H3,(H,15,16). The second-order valence-electron chi connectivity index (χ2n) is 4.55. The van der Waals surface area contributed by atoms with Gasteiger partial charge in [-0.2, -0.15) is 0 Å². The Bertz CT molecular complexity index is 288. The fraction of sp³-hybridized carbons (Fsp3) is 0.833. The quantitative estimate of drug-likeness (QED) is 0.705. The number of likely N-dealkylation sites (N-methyl/N-ethyl adjacent to an activating group) is 1. The topological polar surface area (TPSA) is 78.9 Å². The van der Waals surface area contributed by atoms with Crippen LogP contribution in [0.5, 0.6) is 0 Å². The first-order valence-electron chi connectivity index (χ1n) is 6.34. The summed E-state index contributed by atoms with van der Waals surface area (Å²) in [4.78, 5) is 24.1. The van der Waals surface area contributed by atoms with E-state index in [0.29, 0.717) is 13.1 Å². The SMILES string of the molecule is CNC(C)C(=O)N1CCC(OCCC(=O)O)CC1. The van der Waals surface area contributed by atoms with E-state index in [2.05, 4.69) is 5.32 Å². The molecule has 18 heavy (non-hydrogen) atoms. The van der Waals surface area contributed by atoms with Gasteiger partial charge in [0.2, 0.25) is 5.91 Å². The van der Waals surface area contributed by atoms with Crippen LogP contribution in [0.3, 0.4) is 0 Å². The van der Waals surface area contributed by atoms with Crippen LogP contribution in [0.4, 0.5) is 0 Å². The van der Waals surface area contributed by atoms with Gasteiger partial charge in [0, 0.05) is 13.1 Å². The Labute approximate surface area is 107 Å². The maximum absolute atomic E-state index is 11.9. The number of rotatable bonds is 6. The molecule has 1 rings (SSSR count). The molecule has 1 aliphatic heterocycles. The van der Waals surface area contributed by atoms with E-state index in [1.54, 1.807) is 7.05 Å². The predicted octanol–water partition coefficient (Wildman–Crippen LogP) is 0.0766. The zero-order valence-electron chi connectivity index (χ0n) is 11.0. The summed E-state index contributed by atoms with van der Waals surface area (Å²) in [6, 6.07) is -0.158. The molecule has 2 N–H and O–H groups in total. The van der Waals surface area contributed by atoms with Crippen molar-refractivity contribution < 1.29 is 19.4 Å². The molecule has 1 amide bonds. The molecule has 0 aliphatic carbocycles. The summed E-state index contributed by atoms with van der Waals surface area (Å²) in [5, 5.41) is 11.4. The van der Waals surface area contributed by atoms with Gasteiger partial charge in [0.15, 0.2) is 0 Å². The van der Waals surface area contributed by atoms with Gasteiger partial charge in [-0.3, -0.25) is 9.59 Å². The summed E-state index contributed by atoms with van der Waals surface area (Å²) in [5.41, 5.74) is 0. The lowest BCUT2D eigenvalue weighted by atomic mass is 10.1. The molecule has 1 aliphatic rings. The number of carboxylic acid groups (broad SMARTS) is 1. The van der Waals surface area contributed by atoms with E-state index in [9.17, 15) is 9.59 Å². The van der Waals surface area contributed by atoms with E-state index in [1.807, 2.05) is 11.8 Å². The van der Waals surface area contributed by atoms with Crippen LogP contribution in [0.2, 0.25) is 0 Å². The highest BCUT2D eigenvalue weighted by molar-refractivity contribution is 5.81. The Hall–Kier alpha value is -1.14. The van der Waals surface area contributed by atoms with Crippen molar-refractivity contribution in [3.63, 3.8) is 0 Å². The number of likely N-dealkylation sites (tertiary alicyclic amines) is 1. The lowest BCUT2D eigenvalue weighted by Crippen LogP contribution is -2.48. The largest absolute Gasteiger partial charge is 0.481 e. The van der Waals surface area contributed by atoms with Gasteiger partial charge in [-0.1, -0.05) is 0 Å². The normalized spacial score (nSPS) is 18.7. The molecule has 0 spiro atoms. The number of carbonyl (C=O) groups excluding carboxylic acids is 1. The monoisotopic (exact) mass is 258 g/mol. The van der Waals surface area contributed by atoms with Gasteiger partial charge in [0.1, 0.15) is 0 Å². The first-order chi connectivity index (χ1) is 8.54. The smallest absolute Gasteiger partial charge is 0.305 e. The average molecular weight is 258 g/mol. The fourth-order valence-electron chi connectivity index (χ4n) is 1.95. The Morgan fingerprint density at radius 1 is 1.44 bits per heavy atom. The summed E-state index contributed by atoms with van der Waals surface area (Å²) in [6.07, 6.45) is 1.68. The number of nitrogens with zero attached hydrogens (tertiary/aromatic N) is 1. The van der Waals surface area contributed by atoms with Crippen LogP contribution in [0, 0.1) is 0 Å². The average Bonchev–Trinajstić information content (AvgIpc) is 2.37. The number of nitrogens with one attached hydrogen (secondary N) is 1. The molecule has 0 bridgehead atoms. The van der Waals surface area contributed by atoms with Gasteiger partial charge < -0.3 is 20.1 Å². The van der Waals surface area contributed by atoms with E-state index in [4.69, 9.17) is 9.84 Å². The minimum Gasteiger partial charge on any atom is -0.481 e. The number of carboxylic acids is 1. The number of ether oxygens (including phenoxy) is 1. The predicted molar refractivity (Wildman–Crippen MR) is 66.3 cm³/mol. The van der Waals surface area contributed by atoms with Crippen LogP contribution in [0.1, 0.15) is 26.2 Å². The molecule has 1 atom stereocenters. The molecule has 0 aromatic heterocycles. The molecule has 6 nitrogen and oxygen atoms in total.